The predicted molar refractivity (Wildman–Crippen MR) is 120 cm³/mol. The number of aryl methyl sites for hydroxylation is 1. The summed E-state index contributed by atoms with van der Waals surface area (Å²) in [7, 11) is 0. The number of fused-ring (bicyclic) bond motifs is 1. The Morgan fingerprint density at radius 3 is 2.63 bits per heavy atom. The average Bonchev–Trinajstić information content (AvgIpc) is 3.11. The highest BCUT2D eigenvalue weighted by atomic mass is 35.5. The molecule has 0 N–H and O–H groups in total. The number of halogens is 2. The Morgan fingerprint density at radius 1 is 1.10 bits per heavy atom. The number of hydrogen-bond donors (Lipinski definition) is 0. The molecule has 156 valence electrons. The molecule has 0 saturated carbocycles. The number of benzene rings is 2. The van der Waals surface area contributed by atoms with E-state index >= 15 is 0 Å². The van der Waals surface area contributed by atoms with Gasteiger partial charge in [0.25, 0.3) is 0 Å². The van der Waals surface area contributed by atoms with Crippen molar-refractivity contribution in [1.29, 1.82) is 0 Å². The molecular weight excluding hydrogens is 423 g/mol. The number of aromatic nitrogens is 1. The Hall–Kier alpha value is -2.38. The van der Waals surface area contributed by atoms with Crippen LogP contribution < -0.4 is 9.80 Å². The topological polar surface area (TPSA) is 39.7 Å². The molecule has 0 radical (unpaired) electrons. The minimum absolute atomic E-state index is 0.00760. The highest BCUT2D eigenvalue weighted by molar-refractivity contribution is 7.22. The number of carbonyl (C=O) groups excluding carboxylic acids is 1. The highest BCUT2D eigenvalue weighted by Crippen LogP contribution is 2.34. The molecule has 0 aliphatic carbocycles. The zero-order chi connectivity index (χ0) is 20.8. The van der Waals surface area contributed by atoms with Gasteiger partial charge in [-0.2, -0.15) is 0 Å². The fraction of sp³-hybridized carbons (Fsp3) is 0.364. The standard InChI is InChI=1S/C22H22ClFN4OS/c1-14-2-3-16(23)10-19(14)26-6-8-27(9-7-26)21(29)15-12-28(13-15)22-25-18-5-4-17(24)11-20(18)30-22/h2-5,10-11,15H,6-9,12-13H2,1H3. The summed E-state index contributed by atoms with van der Waals surface area (Å²) < 4.78 is 14.2. The molecule has 2 saturated heterocycles. The lowest BCUT2D eigenvalue weighted by molar-refractivity contribution is -0.136. The Morgan fingerprint density at radius 2 is 1.87 bits per heavy atom. The van der Waals surface area contributed by atoms with Gasteiger partial charge in [-0.1, -0.05) is 29.0 Å². The number of carbonyl (C=O) groups is 1. The van der Waals surface area contributed by atoms with Crippen LogP contribution in [0.1, 0.15) is 5.56 Å². The van der Waals surface area contributed by atoms with Crippen molar-refractivity contribution in [3.8, 4) is 0 Å². The molecule has 2 aliphatic heterocycles. The number of nitrogens with zero attached hydrogens (tertiary/aromatic N) is 4. The molecule has 3 heterocycles. The van der Waals surface area contributed by atoms with Gasteiger partial charge in [-0.25, -0.2) is 9.37 Å². The van der Waals surface area contributed by atoms with Gasteiger partial charge < -0.3 is 14.7 Å². The van der Waals surface area contributed by atoms with Crippen LogP contribution in [0.15, 0.2) is 36.4 Å². The maximum atomic E-state index is 13.4. The van der Waals surface area contributed by atoms with E-state index in [1.807, 2.05) is 23.1 Å². The van der Waals surface area contributed by atoms with E-state index in [9.17, 15) is 9.18 Å². The summed E-state index contributed by atoms with van der Waals surface area (Å²) in [6.07, 6.45) is 0. The van der Waals surface area contributed by atoms with Gasteiger partial charge in [0.05, 0.1) is 16.1 Å². The first-order valence-electron chi connectivity index (χ1n) is 10.1. The van der Waals surface area contributed by atoms with Crippen molar-refractivity contribution in [2.45, 2.75) is 6.92 Å². The molecular formula is C22H22ClFN4OS. The Labute approximate surface area is 183 Å². The second-order valence-corrected chi connectivity index (χ2v) is 9.40. The van der Waals surface area contributed by atoms with E-state index in [2.05, 4.69) is 21.7 Å². The largest absolute Gasteiger partial charge is 0.368 e. The number of amides is 1. The minimum Gasteiger partial charge on any atom is -0.368 e. The van der Waals surface area contributed by atoms with Crippen molar-refractivity contribution in [3.05, 3.63) is 52.8 Å². The second kappa shape index (κ2) is 7.71. The third-order valence-electron chi connectivity index (χ3n) is 5.94. The molecule has 8 heteroatoms. The van der Waals surface area contributed by atoms with E-state index in [1.54, 1.807) is 6.07 Å². The van der Waals surface area contributed by atoms with Crippen LogP contribution in [0.4, 0.5) is 15.2 Å². The Bertz CT molecular complexity index is 1110. The van der Waals surface area contributed by atoms with E-state index in [0.29, 0.717) is 13.1 Å². The molecule has 0 bridgehead atoms. The molecule has 5 rings (SSSR count). The van der Waals surface area contributed by atoms with Gasteiger partial charge in [0.2, 0.25) is 5.91 Å². The second-order valence-electron chi connectivity index (χ2n) is 7.95. The van der Waals surface area contributed by atoms with Crippen molar-refractivity contribution in [1.82, 2.24) is 9.88 Å². The van der Waals surface area contributed by atoms with E-state index in [0.717, 1.165) is 52.2 Å². The van der Waals surface area contributed by atoms with Gasteiger partial charge in [-0.15, -0.1) is 0 Å². The molecule has 1 amide bonds. The molecule has 5 nitrogen and oxygen atoms in total. The van der Waals surface area contributed by atoms with Crippen LogP contribution >= 0.6 is 22.9 Å². The average molecular weight is 445 g/mol. The van der Waals surface area contributed by atoms with Crippen LogP contribution in [0.3, 0.4) is 0 Å². The van der Waals surface area contributed by atoms with Crippen LogP contribution in [0, 0.1) is 18.7 Å². The van der Waals surface area contributed by atoms with Gasteiger partial charge in [-0.3, -0.25) is 4.79 Å². The van der Waals surface area contributed by atoms with E-state index in [-0.39, 0.29) is 17.6 Å². The van der Waals surface area contributed by atoms with Crippen LogP contribution in [0.5, 0.6) is 0 Å². The van der Waals surface area contributed by atoms with E-state index in [1.165, 1.54) is 29.0 Å². The number of anilines is 2. The summed E-state index contributed by atoms with van der Waals surface area (Å²) in [5.74, 6) is -0.0180. The zero-order valence-corrected chi connectivity index (χ0v) is 18.2. The number of thiazole rings is 1. The Balaban J connectivity index is 1.17. The molecule has 0 unspecified atom stereocenters. The first kappa shape index (κ1) is 19.6. The maximum absolute atomic E-state index is 13.4. The minimum atomic E-state index is -0.249. The van der Waals surface area contributed by atoms with Gasteiger partial charge in [-0.05, 0) is 42.8 Å². The summed E-state index contributed by atoms with van der Waals surface area (Å²) in [5, 5.41) is 1.60. The SMILES string of the molecule is Cc1ccc(Cl)cc1N1CCN(C(=O)C2CN(c3nc4ccc(F)cc4s3)C2)CC1. The van der Waals surface area contributed by atoms with Crippen molar-refractivity contribution in [2.24, 2.45) is 5.92 Å². The normalized spacial score (nSPS) is 17.5. The van der Waals surface area contributed by atoms with Gasteiger partial charge in [0, 0.05) is 50.0 Å². The van der Waals surface area contributed by atoms with Crippen LogP contribution in [0.2, 0.25) is 5.02 Å². The van der Waals surface area contributed by atoms with Gasteiger partial charge >= 0.3 is 0 Å². The lowest BCUT2D eigenvalue weighted by Crippen LogP contribution is -2.58. The quantitative estimate of drug-likeness (QED) is 0.607. The summed E-state index contributed by atoms with van der Waals surface area (Å²) in [5.41, 5.74) is 3.15. The third-order valence-corrected chi connectivity index (χ3v) is 7.26. The maximum Gasteiger partial charge on any atom is 0.229 e. The number of hydrogen-bond acceptors (Lipinski definition) is 5. The monoisotopic (exact) mass is 444 g/mol. The van der Waals surface area contributed by atoms with E-state index < -0.39 is 0 Å². The molecule has 2 aromatic carbocycles. The molecule has 0 spiro atoms. The van der Waals surface area contributed by atoms with E-state index in [4.69, 9.17) is 11.6 Å². The lowest BCUT2D eigenvalue weighted by Gasteiger charge is -2.43. The van der Waals surface area contributed by atoms with Crippen molar-refractivity contribution in [2.75, 3.05) is 49.1 Å². The molecule has 2 fully saturated rings. The van der Waals surface area contributed by atoms with Crippen molar-refractivity contribution in [3.63, 3.8) is 0 Å². The number of rotatable bonds is 3. The molecule has 30 heavy (non-hydrogen) atoms. The highest BCUT2D eigenvalue weighted by Gasteiger charge is 2.37. The summed E-state index contributed by atoms with van der Waals surface area (Å²) in [6, 6.07) is 10.6. The lowest BCUT2D eigenvalue weighted by atomic mass is 9.98. The van der Waals surface area contributed by atoms with Crippen molar-refractivity contribution < 1.29 is 9.18 Å². The fourth-order valence-electron chi connectivity index (χ4n) is 4.16. The smallest absolute Gasteiger partial charge is 0.229 e. The summed E-state index contributed by atoms with van der Waals surface area (Å²) in [4.78, 5) is 23.9. The molecule has 0 atom stereocenters. The first-order valence-corrected chi connectivity index (χ1v) is 11.3. The van der Waals surface area contributed by atoms with Crippen LogP contribution in [0.25, 0.3) is 10.2 Å². The van der Waals surface area contributed by atoms with Crippen molar-refractivity contribution >= 4 is 49.9 Å². The van der Waals surface area contributed by atoms with Gasteiger partial charge in [0.15, 0.2) is 5.13 Å². The summed E-state index contributed by atoms with van der Waals surface area (Å²) >= 11 is 7.64. The fourth-order valence-corrected chi connectivity index (χ4v) is 5.34. The first-order chi connectivity index (χ1) is 14.5. The zero-order valence-electron chi connectivity index (χ0n) is 16.6. The molecule has 3 aromatic rings. The summed E-state index contributed by atoms with van der Waals surface area (Å²) in [6.45, 7) is 6.51. The van der Waals surface area contributed by atoms with Crippen LogP contribution in [-0.2, 0) is 4.79 Å². The molecule has 1 aromatic heterocycles. The number of piperazine rings is 1. The predicted octanol–water partition coefficient (Wildman–Crippen LogP) is 4.18. The molecule has 2 aliphatic rings. The van der Waals surface area contributed by atoms with Gasteiger partial charge in [0.1, 0.15) is 5.82 Å². The van der Waals surface area contributed by atoms with Crippen LogP contribution in [-0.4, -0.2) is 55.1 Å². The third kappa shape index (κ3) is 3.61. The Kier molecular flexibility index (Phi) is 5.03.